The van der Waals surface area contributed by atoms with E-state index in [2.05, 4.69) is 5.32 Å². The van der Waals surface area contributed by atoms with E-state index in [0.717, 1.165) is 0 Å². The van der Waals surface area contributed by atoms with Gasteiger partial charge in [-0.2, -0.15) is 0 Å². The number of halogens is 1. The first-order chi connectivity index (χ1) is 5.65. The van der Waals surface area contributed by atoms with Gasteiger partial charge in [-0.25, -0.2) is 0 Å². The quantitative estimate of drug-likeness (QED) is 0.700. The van der Waals surface area contributed by atoms with E-state index in [4.69, 9.17) is 0 Å². The van der Waals surface area contributed by atoms with Crippen LogP contribution >= 0.6 is 12.4 Å². The molecule has 0 radical (unpaired) electrons. The summed E-state index contributed by atoms with van der Waals surface area (Å²) in [5.41, 5.74) is 0. The van der Waals surface area contributed by atoms with Gasteiger partial charge in [0.2, 0.25) is 11.8 Å². The summed E-state index contributed by atoms with van der Waals surface area (Å²) in [4.78, 5) is 23.8. The van der Waals surface area contributed by atoms with Gasteiger partial charge in [-0.05, 0) is 13.3 Å². The maximum Gasteiger partial charge on any atom is 0.244 e. The number of carbonyl (C=O) groups excluding carboxylic acids is 2. The molecule has 0 aromatic heterocycles. The molecule has 0 bridgehead atoms. The maximum absolute atomic E-state index is 11.4. The lowest BCUT2D eigenvalue weighted by Crippen LogP contribution is -2.42. The van der Waals surface area contributed by atoms with E-state index >= 15 is 0 Å². The van der Waals surface area contributed by atoms with E-state index in [0.29, 0.717) is 19.4 Å². The highest BCUT2D eigenvalue weighted by atomic mass is 35.5. The number of carbonyl (C=O) groups is 2. The van der Waals surface area contributed by atoms with Gasteiger partial charge in [0.05, 0.1) is 0 Å². The van der Waals surface area contributed by atoms with Crippen molar-refractivity contribution in [2.24, 2.45) is 0 Å². The fraction of sp³-hybridized carbons (Fsp3) is 0.750. The van der Waals surface area contributed by atoms with Crippen LogP contribution in [0, 0.1) is 0 Å². The summed E-state index contributed by atoms with van der Waals surface area (Å²) < 4.78 is 0. The molecular formula is C8H15ClN2O2. The summed E-state index contributed by atoms with van der Waals surface area (Å²) >= 11 is 0. The number of rotatable bonds is 2. The molecule has 4 nitrogen and oxygen atoms in total. The van der Waals surface area contributed by atoms with E-state index in [9.17, 15) is 9.59 Å². The molecule has 1 N–H and O–H groups in total. The molecule has 2 amide bonds. The maximum atomic E-state index is 11.4. The minimum atomic E-state index is -0.276. The number of hydrogen-bond acceptors (Lipinski definition) is 2. The summed E-state index contributed by atoms with van der Waals surface area (Å²) in [7, 11) is 1.74. The zero-order chi connectivity index (χ0) is 9.14. The third-order valence-electron chi connectivity index (χ3n) is 2.14. The summed E-state index contributed by atoms with van der Waals surface area (Å²) in [6, 6.07) is -0.276. The van der Waals surface area contributed by atoms with Crippen molar-refractivity contribution in [2.45, 2.75) is 25.8 Å². The van der Waals surface area contributed by atoms with Crippen LogP contribution in [0.3, 0.4) is 0 Å². The summed E-state index contributed by atoms with van der Waals surface area (Å²) in [6.45, 7) is 2.60. The third kappa shape index (κ3) is 2.88. The van der Waals surface area contributed by atoms with Crippen LogP contribution in [0.1, 0.15) is 19.8 Å². The fourth-order valence-corrected chi connectivity index (χ4v) is 1.22. The largest absolute Gasteiger partial charge is 0.344 e. The minimum Gasteiger partial charge on any atom is -0.344 e. The predicted molar refractivity (Wildman–Crippen MR) is 51.7 cm³/mol. The van der Waals surface area contributed by atoms with Crippen LogP contribution in [-0.2, 0) is 9.59 Å². The van der Waals surface area contributed by atoms with Crippen molar-refractivity contribution >= 4 is 24.2 Å². The molecule has 1 aliphatic rings. The first kappa shape index (κ1) is 12.2. The lowest BCUT2D eigenvalue weighted by Gasteiger charge is -2.18. The zero-order valence-electron chi connectivity index (χ0n) is 7.87. The van der Waals surface area contributed by atoms with Gasteiger partial charge >= 0.3 is 0 Å². The molecule has 5 heteroatoms. The highest BCUT2D eigenvalue weighted by Gasteiger charge is 2.28. The van der Waals surface area contributed by atoms with E-state index in [-0.39, 0.29) is 30.3 Å². The Balaban J connectivity index is 0.00000144. The van der Waals surface area contributed by atoms with Crippen LogP contribution in [0.15, 0.2) is 0 Å². The fourth-order valence-electron chi connectivity index (χ4n) is 1.22. The van der Waals surface area contributed by atoms with Crippen LogP contribution < -0.4 is 5.32 Å². The molecule has 1 saturated heterocycles. The van der Waals surface area contributed by atoms with Gasteiger partial charge in [-0.3, -0.25) is 9.59 Å². The van der Waals surface area contributed by atoms with E-state index in [1.54, 1.807) is 11.9 Å². The number of nitrogens with zero attached hydrogens (tertiary/aromatic N) is 1. The van der Waals surface area contributed by atoms with Crippen LogP contribution in [0.25, 0.3) is 0 Å². The second kappa shape index (κ2) is 5.07. The van der Waals surface area contributed by atoms with Crippen LogP contribution in [0.5, 0.6) is 0 Å². The van der Waals surface area contributed by atoms with Gasteiger partial charge in [0.1, 0.15) is 6.04 Å². The summed E-state index contributed by atoms with van der Waals surface area (Å²) in [6.07, 6.45) is 1.12. The molecule has 0 spiro atoms. The Hall–Kier alpha value is -0.770. The Kier molecular flexibility index (Phi) is 4.77. The predicted octanol–water partition coefficient (Wildman–Crippen LogP) is 0.165. The molecule has 0 saturated carbocycles. The van der Waals surface area contributed by atoms with Gasteiger partial charge in [-0.1, -0.05) is 0 Å². The van der Waals surface area contributed by atoms with Crippen molar-refractivity contribution in [1.29, 1.82) is 0 Å². The molecule has 1 aliphatic heterocycles. The molecule has 1 atom stereocenters. The molecule has 1 heterocycles. The van der Waals surface area contributed by atoms with Crippen molar-refractivity contribution in [1.82, 2.24) is 10.2 Å². The minimum absolute atomic E-state index is 0. The Morgan fingerprint density at radius 2 is 2.31 bits per heavy atom. The van der Waals surface area contributed by atoms with Crippen molar-refractivity contribution in [3.63, 3.8) is 0 Å². The van der Waals surface area contributed by atoms with Crippen LogP contribution in [-0.4, -0.2) is 36.3 Å². The van der Waals surface area contributed by atoms with Crippen molar-refractivity contribution in [2.75, 3.05) is 13.6 Å². The van der Waals surface area contributed by atoms with Gasteiger partial charge in [-0.15, -0.1) is 12.4 Å². The summed E-state index contributed by atoms with van der Waals surface area (Å²) in [5, 5.41) is 2.64. The lowest BCUT2D eigenvalue weighted by molar-refractivity contribution is -0.132. The average molecular weight is 207 g/mol. The molecule has 0 aliphatic carbocycles. The van der Waals surface area contributed by atoms with Crippen molar-refractivity contribution < 1.29 is 9.59 Å². The standard InChI is InChI=1S/C8H14N2O2.ClH/c1-3-10(2)8(12)6-4-5-7(11)9-6;/h6H,3-5H2,1-2H3,(H,9,11);1H. The van der Waals surface area contributed by atoms with Crippen molar-refractivity contribution in [3.8, 4) is 0 Å². The Bertz CT molecular complexity index is 208. The third-order valence-corrected chi connectivity index (χ3v) is 2.14. The van der Waals surface area contributed by atoms with E-state index in [1.807, 2.05) is 6.92 Å². The Morgan fingerprint density at radius 1 is 1.69 bits per heavy atom. The highest BCUT2D eigenvalue weighted by molar-refractivity contribution is 5.90. The molecule has 0 aromatic rings. The van der Waals surface area contributed by atoms with Gasteiger partial charge < -0.3 is 10.2 Å². The zero-order valence-corrected chi connectivity index (χ0v) is 8.69. The average Bonchev–Trinajstić information content (AvgIpc) is 2.49. The summed E-state index contributed by atoms with van der Waals surface area (Å²) in [5.74, 6) is 0.00111. The van der Waals surface area contributed by atoms with Crippen molar-refractivity contribution in [3.05, 3.63) is 0 Å². The smallest absolute Gasteiger partial charge is 0.244 e. The topological polar surface area (TPSA) is 49.4 Å². The first-order valence-electron chi connectivity index (χ1n) is 4.19. The molecule has 1 fully saturated rings. The highest BCUT2D eigenvalue weighted by Crippen LogP contribution is 2.08. The number of hydrogen-bond donors (Lipinski definition) is 1. The molecular weight excluding hydrogens is 192 g/mol. The van der Waals surface area contributed by atoms with Crippen LogP contribution in [0.2, 0.25) is 0 Å². The van der Waals surface area contributed by atoms with E-state index in [1.165, 1.54) is 0 Å². The normalized spacial score (nSPS) is 20.5. The van der Waals surface area contributed by atoms with E-state index < -0.39 is 0 Å². The lowest BCUT2D eigenvalue weighted by atomic mass is 10.2. The Morgan fingerprint density at radius 3 is 2.69 bits per heavy atom. The number of nitrogens with one attached hydrogen (secondary N) is 1. The monoisotopic (exact) mass is 206 g/mol. The SMILES string of the molecule is CCN(C)C(=O)C1CCC(=O)N1.Cl. The van der Waals surface area contributed by atoms with Gasteiger partial charge in [0.15, 0.2) is 0 Å². The molecule has 0 aromatic carbocycles. The van der Waals surface area contributed by atoms with Crippen LogP contribution in [0.4, 0.5) is 0 Å². The Labute approximate surface area is 84.1 Å². The molecule has 13 heavy (non-hydrogen) atoms. The molecule has 1 rings (SSSR count). The second-order valence-corrected chi connectivity index (χ2v) is 3.01. The molecule has 76 valence electrons. The van der Waals surface area contributed by atoms with Gasteiger partial charge in [0, 0.05) is 20.0 Å². The number of amides is 2. The molecule has 1 unspecified atom stereocenters. The van der Waals surface area contributed by atoms with Gasteiger partial charge in [0.25, 0.3) is 0 Å². The second-order valence-electron chi connectivity index (χ2n) is 3.01. The number of likely N-dealkylation sites (N-methyl/N-ethyl adjacent to an activating group) is 1. The first-order valence-corrected chi connectivity index (χ1v) is 4.19.